The molecule has 3 heterocycles. The summed E-state index contributed by atoms with van der Waals surface area (Å²) in [5.74, 6) is 1.48. The molecule has 0 unspecified atom stereocenters. The molecule has 1 saturated heterocycles. The summed E-state index contributed by atoms with van der Waals surface area (Å²) in [5, 5.41) is 6.50. The summed E-state index contributed by atoms with van der Waals surface area (Å²) in [7, 11) is 1.53. The van der Waals surface area contributed by atoms with Gasteiger partial charge in [0.25, 0.3) is 11.5 Å². The van der Waals surface area contributed by atoms with Crippen LogP contribution in [0.15, 0.2) is 59.3 Å². The summed E-state index contributed by atoms with van der Waals surface area (Å²) in [6.07, 6.45) is 6.26. The van der Waals surface area contributed by atoms with Gasteiger partial charge in [-0.2, -0.15) is 0 Å². The highest BCUT2D eigenvalue weighted by Crippen LogP contribution is 2.24. The van der Waals surface area contributed by atoms with Crippen LogP contribution in [0.25, 0.3) is 5.57 Å². The zero-order valence-electron chi connectivity index (χ0n) is 23.2. The Balaban J connectivity index is 1.48. The smallest absolute Gasteiger partial charge is 0.256 e. The maximum absolute atomic E-state index is 13.6. The van der Waals surface area contributed by atoms with Gasteiger partial charge < -0.3 is 25.3 Å². The number of carbonyl (C=O) groups is 1. The van der Waals surface area contributed by atoms with Crippen LogP contribution >= 0.6 is 0 Å². The van der Waals surface area contributed by atoms with Crippen molar-refractivity contribution >= 4 is 17.4 Å². The average molecular weight is 531 g/mol. The Bertz CT molecular complexity index is 1360. The first-order valence-electron chi connectivity index (χ1n) is 13.5. The van der Waals surface area contributed by atoms with Crippen molar-refractivity contribution in [2.75, 3.05) is 31.6 Å². The lowest BCUT2D eigenvalue weighted by Crippen LogP contribution is -2.38. The Hall–Kier alpha value is -4.14. The van der Waals surface area contributed by atoms with Crippen LogP contribution in [-0.4, -0.2) is 47.6 Å². The lowest BCUT2D eigenvalue weighted by atomic mass is 9.95. The third-order valence-electron chi connectivity index (χ3n) is 7.30. The molecule has 0 saturated carbocycles. The number of ether oxygens (including phenoxy) is 1. The minimum absolute atomic E-state index is 0.0595. The van der Waals surface area contributed by atoms with Crippen molar-refractivity contribution in [2.45, 2.75) is 46.6 Å². The molecule has 3 N–H and O–H groups in total. The van der Waals surface area contributed by atoms with Gasteiger partial charge in [0.15, 0.2) is 0 Å². The predicted molar refractivity (Wildman–Crippen MR) is 154 cm³/mol. The predicted octanol–water partition coefficient (Wildman–Crippen LogP) is 3.60. The summed E-state index contributed by atoms with van der Waals surface area (Å²) >= 11 is 0. The number of amides is 1. The normalized spacial score (nSPS) is 14.5. The number of aromatic amines is 1. The quantitative estimate of drug-likeness (QED) is 0.344. The zero-order valence-corrected chi connectivity index (χ0v) is 23.2. The van der Waals surface area contributed by atoms with E-state index in [0.717, 1.165) is 60.9 Å². The minimum Gasteiger partial charge on any atom is -0.496 e. The number of H-pyrrole nitrogens is 1. The summed E-state index contributed by atoms with van der Waals surface area (Å²) in [6.45, 7) is 8.53. The summed E-state index contributed by atoms with van der Waals surface area (Å²) in [6, 6.07) is 11.5. The highest BCUT2D eigenvalue weighted by Gasteiger charge is 2.23. The maximum Gasteiger partial charge on any atom is 0.256 e. The van der Waals surface area contributed by atoms with E-state index in [0.29, 0.717) is 29.2 Å². The van der Waals surface area contributed by atoms with Crippen LogP contribution in [0.1, 0.15) is 49.1 Å². The molecule has 1 aromatic carbocycles. The van der Waals surface area contributed by atoms with Crippen molar-refractivity contribution in [1.82, 2.24) is 25.6 Å². The van der Waals surface area contributed by atoms with E-state index in [4.69, 9.17) is 4.74 Å². The fourth-order valence-electron chi connectivity index (χ4n) is 4.94. The number of aryl methyl sites for hydroxylation is 2. The van der Waals surface area contributed by atoms with Gasteiger partial charge in [-0.3, -0.25) is 9.59 Å². The Morgan fingerprint density at radius 1 is 1.13 bits per heavy atom. The molecule has 39 heavy (non-hydrogen) atoms. The number of methoxy groups -OCH3 is 1. The molecular formula is C30H38N6O3. The first kappa shape index (κ1) is 27.9. The molecular weight excluding hydrogens is 492 g/mol. The second-order valence-corrected chi connectivity index (χ2v) is 9.88. The molecule has 1 aliphatic rings. The van der Waals surface area contributed by atoms with Crippen LogP contribution in [0.3, 0.4) is 0 Å². The summed E-state index contributed by atoms with van der Waals surface area (Å²) in [4.78, 5) is 40.1. The van der Waals surface area contributed by atoms with Gasteiger partial charge in [0, 0.05) is 49.5 Å². The summed E-state index contributed by atoms with van der Waals surface area (Å²) < 4.78 is 5.45. The number of rotatable bonds is 10. The third kappa shape index (κ3) is 6.85. The van der Waals surface area contributed by atoms with Gasteiger partial charge in [-0.1, -0.05) is 31.2 Å². The Kier molecular flexibility index (Phi) is 9.35. The van der Waals surface area contributed by atoms with Crippen LogP contribution in [-0.2, 0) is 17.8 Å². The van der Waals surface area contributed by atoms with Gasteiger partial charge >= 0.3 is 0 Å². The van der Waals surface area contributed by atoms with Crippen LogP contribution in [0.4, 0.5) is 5.95 Å². The number of benzene rings is 1. The molecule has 2 aromatic heterocycles. The SMILES string of the molecule is CCc1cc(OC)c(CNC(=O)/C(=C(\C)NCC2CCN(c3ncccn3)CC2)c2ccccc2C)c(=O)[nH]1. The number of aromatic nitrogens is 3. The summed E-state index contributed by atoms with van der Waals surface area (Å²) in [5.41, 5.74) is 4.17. The van der Waals surface area contributed by atoms with E-state index in [9.17, 15) is 9.59 Å². The van der Waals surface area contributed by atoms with Crippen molar-refractivity contribution in [3.05, 3.63) is 87.2 Å². The molecule has 0 radical (unpaired) electrons. The van der Waals surface area contributed by atoms with E-state index >= 15 is 0 Å². The van der Waals surface area contributed by atoms with Gasteiger partial charge in [0.05, 0.1) is 24.8 Å². The number of allylic oxidation sites excluding steroid dienone is 1. The molecule has 0 bridgehead atoms. The molecule has 1 fully saturated rings. The standard InChI is InChI=1S/C30H38N6O3/c1-5-23-17-26(39-4)25(28(37)35-23)19-34-29(38)27(24-10-7-6-9-20(24)2)21(3)33-18-22-11-15-36(16-12-22)30-31-13-8-14-32-30/h6-10,13-14,17,22,33H,5,11-12,15-16,18-19H2,1-4H3,(H,34,38)(H,35,37)/b27-21+. The fraction of sp³-hybridized carbons (Fsp3) is 0.400. The first-order chi connectivity index (χ1) is 18.9. The molecule has 3 aromatic rings. The van der Waals surface area contributed by atoms with Gasteiger partial charge in [-0.15, -0.1) is 0 Å². The molecule has 9 nitrogen and oxygen atoms in total. The fourth-order valence-corrected chi connectivity index (χ4v) is 4.94. The number of pyridine rings is 1. The first-order valence-corrected chi connectivity index (χ1v) is 13.5. The van der Waals surface area contributed by atoms with Crippen molar-refractivity contribution in [2.24, 2.45) is 5.92 Å². The van der Waals surface area contributed by atoms with Crippen LogP contribution in [0.2, 0.25) is 0 Å². The highest BCUT2D eigenvalue weighted by molar-refractivity contribution is 6.20. The lowest BCUT2D eigenvalue weighted by Gasteiger charge is -2.32. The van der Waals surface area contributed by atoms with Gasteiger partial charge in [-0.05, 0) is 56.2 Å². The number of piperidine rings is 1. The van der Waals surface area contributed by atoms with Gasteiger partial charge in [0.2, 0.25) is 5.95 Å². The second kappa shape index (κ2) is 13.1. The number of anilines is 1. The van der Waals surface area contributed by atoms with E-state index in [-0.39, 0.29) is 18.0 Å². The van der Waals surface area contributed by atoms with Crippen molar-refractivity contribution in [3.8, 4) is 5.75 Å². The number of hydrogen-bond donors (Lipinski definition) is 3. The topological polar surface area (TPSA) is 112 Å². The number of carbonyl (C=O) groups excluding carboxylic acids is 1. The minimum atomic E-state index is -0.255. The van der Waals surface area contributed by atoms with E-state index in [1.807, 2.05) is 57.2 Å². The molecule has 0 aliphatic carbocycles. The van der Waals surface area contributed by atoms with Gasteiger partial charge in [0.1, 0.15) is 5.75 Å². The highest BCUT2D eigenvalue weighted by atomic mass is 16.5. The Labute approximate surface area is 229 Å². The van der Waals surface area contributed by atoms with E-state index in [2.05, 4.69) is 30.5 Å². The van der Waals surface area contributed by atoms with E-state index < -0.39 is 0 Å². The average Bonchev–Trinajstić information content (AvgIpc) is 2.96. The third-order valence-corrected chi connectivity index (χ3v) is 7.30. The zero-order chi connectivity index (χ0) is 27.8. The van der Waals surface area contributed by atoms with Crippen molar-refractivity contribution in [1.29, 1.82) is 0 Å². The number of nitrogens with one attached hydrogen (secondary N) is 3. The maximum atomic E-state index is 13.6. The number of hydrogen-bond acceptors (Lipinski definition) is 7. The molecule has 1 amide bonds. The van der Waals surface area contributed by atoms with E-state index in [1.54, 1.807) is 12.4 Å². The molecule has 206 valence electrons. The number of nitrogens with zero attached hydrogens (tertiary/aromatic N) is 3. The molecule has 0 spiro atoms. The Morgan fingerprint density at radius 2 is 1.85 bits per heavy atom. The lowest BCUT2D eigenvalue weighted by molar-refractivity contribution is -0.115. The van der Waals surface area contributed by atoms with Crippen molar-refractivity contribution < 1.29 is 9.53 Å². The van der Waals surface area contributed by atoms with Crippen LogP contribution < -0.4 is 25.8 Å². The molecule has 0 atom stereocenters. The van der Waals surface area contributed by atoms with E-state index in [1.165, 1.54) is 7.11 Å². The van der Waals surface area contributed by atoms with Crippen LogP contribution in [0.5, 0.6) is 5.75 Å². The second-order valence-electron chi connectivity index (χ2n) is 9.88. The molecule has 1 aliphatic heterocycles. The monoisotopic (exact) mass is 530 g/mol. The van der Waals surface area contributed by atoms with Crippen LogP contribution in [0, 0.1) is 12.8 Å². The largest absolute Gasteiger partial charge is 0.496 e. The van der Waals surface area contributed by atoms with Gasteiger partial charge in [-0.25, -0.2) is 9.97 Å². The molecule has 4 rings (SSSR count). The van der Waals surface area contributed by atoms with Crippen molar-refractivity contribution in [3.63, 3.8) is 0 Å². The molecule has 9 heteroatoms. The Morgan fingerprint density at radius 3 is 2.51 bits per heavy atom.